The Labute approximate surface area is 124 Å². The number of amides is 1. The number of nitrogens with zero attached hydrogens (tertiary/aromatic N) is 1. The van der Waals surface area contributed by atoms with Crippen LogP contribution in [0.2, 0.25) is 0 Å². The topological polar surface area (TPSA) is 42.0 Å². The molecule has 106 valence electrons. The molecule has 1 aromatic carbocycles. The average Bonchev–Trinajstić information content (AvgIpc) is 2.82. The van der Waals surface area contributed by atoms with E-state index in [2.05, 4.69) is 17.2 Å². The minimum atomic E-state index is -0.0181. The largest absolute Gasteiger partial charge is 0.349 e. The molecule has 0 fully saturated rings. The van der Waals surface area contributed by atoms with E-state index in [4.69, 9.17) is 0 Å². The van der Waals surface area contributed by atoms with Crippen LogP contribution in [0.3, 0.4) is 0 Å². The molecule has 2 rings (SSSR count). The smallest absolute Gasteiger partial charge is 0.263 e. The normalized spacial score (nSPS) is 12.2. The maximum atomic E-state index is 12.4. The average molecular weight is 288 g/mol. The Bertz CT molecular complexity index is 577. The van der Waals surface area contributed by atoms with Crippen LogP contribution in [0.1, 0.15) is 41.4 Å². The van der Waals surface area contributed by atoms with Crippen LogP contribution in [0.5, 0.6) is 0 Å². The molecular weight excluding hydrogens is 268 g/mol. The van der Waals surface area contributed by atoms with E-state index >= 15 is 0 Å². The summed E-state index contributed by atoms with van der Waals surface area (Å²) in [6.07, 6.45) is 2.05. The number of aromatic nitrogens is 1. The lowest BCUT2D eigenvalue weighted by molar-refractivity contribution is 0.0943. The molecule has 0 aliphatic heterocycles. The van der Waals surface area contributed by atoms with Crippen molar-refractivity contribution in [3.8, 4) is 11.3 Å². The fourth-order valence-electron chi connectivity index (χ4n) is 2.17. The van der Waals surface area contributed by atoms with Crippen LogP contribution in [0.15, 0.2) is 30.3 Å². The van der Waals surface area contributed by atoms with Gasteiger partial charge in [0.1, 0.15) is 4.88 Å². The van der Waals surface area contributed by atoms with Crippen molar-refractivity contribution in [2.45, 2.75) is 39.7 Å². The first-order valence-electron chi connectivity index (χ1n) is 6.95. The first-order chi connectivity index (χ1) is 9.61. The highest BCUT2D eigenvalue weighted by Crippen LogP contribution is 2.27. The summed E-state index contributed by atoms with van der Waals surface area (Å²) in [4.78, 5) is 17.6. The maximum absolute atomic E-state index is 12.4. The van der Waals surface area contributed by atoms with Crippen LogP contribution < -0.4 is 5.32 Å². The molecule has 20 heavy (non-hydrogen) atoms. The number of rotatable bonds is 5. The van der Waals surface area contributed by atoms with Crippen molar-refractivity contribution in [2.24, 2.45) is 0 Å². The van der Waals surface area contributed by atoms with E-state index < -0.39 is 0 Å². The van der Waals surface area contributed by atoms with Crippen molar-refractivity contribution in [2.75, 3.05) is 0 Å². The molecule has 0 aliphatic rings. The molecule has 0 radical (unpaired) electrons. The molecule has 0 spiro atoms. The van der Waals surface area contributed by atoms with E-state index in [1.54, 1.807) is 0 Å². The lowest BCUT2D eigenvalue weighted by Crippen LogP contribution is -2.32. The van der Waals surface area contributed by atoms with Gasteiger partial charge in [0, 0.05) is 11.6 Å². The molecule has 4 heteroatoms. The molecule has 0 aliphatic carbocycles. The zero-order valence-corrected chi connectivity index (χ0v) is 13.0. The van der Waals surface area contributed by atoms with E-state index in [-0.39, 0.29) is 11.9 Å². The van der Waals surface area contributed by atoms with Crippen LogP contribution in [-0.4, -0.2) is 16.9 Å². The molecule has 2 aromatic rings. The standard InChI is InChI=1S/C16H20N2OS/c1-4-8-11(2)17-16(19)15-14(18-12(3)20-15)13-9-6-5-7-10-13/h5-7,9-11H,4,8H2,1-3H3,(H,17,19)/t11-/m0/s1. The lowest BCUT2D eigenvalue weighted by atomic mass is 10.1. The molecule has 0 bridgehead atoms. The fraction of sp³-hybridized carbons (Fsp3) is 0.375. The van der Waals surface area contributed by atoms with Crippen LogP contribution in [0, 0.1) is 6.92 Å². The minimum Gasteiger partial charge on any atom is -0.349 e. The maximum Gasteiger partial charge on any atom is 0.263 e. The van der Waals surface area contributed by atoms with Crippen molar-refractivity contribution >= 4 is 17.2 Å². The highest BCUT2D eigenvalue weighted by atomic mass is 32.1. The number of aryl methyl sites for hydroxylation is 1. The third-order valence-corrected chi connectivity index (χ3v) is 4.06. The van der Waals surface area contributed by atoms with E-state index in [1.807, 2.05) is 44.2 Å². The van der Waals surface area contributed by atoms with Crippen LogP contribution in [0.25, 0.3) is 11.3 Å². The van der Waals surface area contributed by atoms with Gasteiger partial charge in [0.05, 0.1) is 10.7 Å². The van der Waals surface area contributed by atoms with Gasteiger partial charge in [-0.25, -0.2) is 4.98 Å². The Kier molecular flexibility index (Phi) is 4.90. The highest BCUT2D eigenvalue weighted by molar-refractivity contribution is 7.14. The van der Waals surface area contributed by atoms with E-state index in [0.717, 1.165) is 29.1 Å². The van der Waals surface area contributed by atoms with E-state index in [1.165, 1.54) is 11.3 Å². The molecule has 1 aromatic heterocycles. The third kappa shape index (κ3) is 3.45. The van der Waals surface area contributed by atoms with Gasteiger partial charge in [-0.3, -0.25) is 4.79 Å². The number of thiazole rings is 1. The number of hydrogen-bond donors (Lipinski definition) is 1. The quantitative estimate of drug-likeness (QED) is 0.902. The van der Waals surface area contributed by atoms with Crippen LogP contribution in [-0.2, 0) is 0 Å². The summed E-state index contributed by atoms with van der Waals surface area (Å²) in [7, 11) is 0. The second-order valence-electron chi connectivity index (χ2n) is 4.94. The first kappa shape index (κ1) is 14.7. The summed E-state index contributed by atoms with van der Waals surface area (Å²) in [5.74, 6) is -0.0181. The van der Waals surface area contributed by atoms with Crippen molar-refractivity contribution < 1.29 is 4.79 Å². The van der Waals surface area contributed by atoms with Gasteiger partial charge in [0.15, 0.2) is 0 Å². The van der Waals surface area contributed by atoms with E-state index in [0.29, 0.717) is 4.88 Å². The zero-order valence-electron chi connectivity index (χ0n) is 12.1. The van der Waals surface area contributed by atoms with Crippen LogP contribution >= 0.6 is 11.3 Å². The van der Waals surface area contributed by atoms with Crippen LogP contribution in [0.4, 0.5) is 0 Å². The molecular formula is C16H20N2OS. The van der Waals surface area contributed by atoms with Gasteiger partial charge in [-0.05, 0) is 20.3 Å². The third-order valence-electron chi connectivity index (χ3n) is 3.09. The summed E-state index contributed by atoms with van der Waals surface area (Å²) in [5, 5.41) is 3.97. The number of carbonyl (C=O) groups excluding carboxylic acids is 1. The number of hydrogen-bond acceptors (Lipinski definition) is 3. The second-order valence-corrected chi connectivity index (χ2v) is 6.14. The predicted molar refractivity (Wildman–Crippen MR) is 84.1 cm³/mol. The van der Waals surface area contributed by atoms with E-state index in [9.17, 15) is 4.79 Å². The van der Waals surface area contributed by atoms with Crippen molar-refractivity contribution in [1.82, 2.24) is 10.3 Å². The summed E-state index contributed by atoms with van der Waals surface area (Å²) >= 11 is 1.45. The number of carbonyl (C=O) groups is 1. The summed E-state index contributed by atoms with van der Waals surface area (Å²) < 4.78 is 0. The Balaban J connectivity index is 2.26. The Morgan fingerprint density at radius 3 is 2.70 bits per heavy atom. The number of nitrogens with one attached hydrogen (secondary N) is 1. The van der Waals surface area contributed by atoms with Gasteiger partial charge >= 0.3 is 0 Å². The monoisotopic (exact) mass is 288 g/mol. The molecule has 1 N–H and O–H groups in total. The van der Waals surface area contributed by atoms with Gasteiger partial charge in [0.25, 0.3) is 5.91 Å². The number of benzene rings is 1. The second kappa shape index (κ2) is 6.66. The molecule has 0 saturated carbocycles. The fourth-order valence-corrected chi connectivity index (χ4v) is 3.01. The molecule has 1 amide bonds. The Morgan fingerprint density at radius 2 is 2.05 bits per heavy atom. The molecule has 3 nitrogen and oxygen atoms in total. The van der Waals surface area contributed by atoms with Gasteiger partial charge in [-0.15, -0.1) is 11.3 Å². The predicted octanol–water partition coefficient (Wildman–Crippen LogP) is 4.04. The highest BCUT2D eigenvalue weighted by Gasteiger charge is 2.19. The van der Waals surface area contributed by atoms with Crippen molar-refractivity contribution in [1.29, 1.82) is 0 Å². The van der Waals surface area contributed by atoms with Crippen molar-refractivity contribution in [3.05, 3.63) is 40.2 Å². The zero-order chi connectivity index (χ0) is 14.5. The summed E-state index contributed by atoms with van der Waals surface area (Å²) in [5.41, 5.74) is 1.78. The van der Waals surface area contributed by atoms with Gasteiger partial charge < -0.3 is 5.32 Å². The Hall–Kier alpha value is -1.68. The molecule has 1 heterocycles. The van der Waals surface area contributed by atoms with Gasteiger partial charge in [-0.1, -0.05) is 43.7 Å². The molecule has 0 saturated heterocycles. The first-order valence-corrected chi connectivity index (χ1v) is 7.77. The minimum absolute atomic E-state index is 0.0181. The van der Waals surface area contributed by atoms with Gasteiger partial charge in [0.2, 0.25) is 0 Å². The SMILES string of the molecule is CCC[C@H](C)NC(=O)c1sc(C)nc1-c1ccccc1. The van der Waals surface area contributed by atoms with Gasteiger partial charge in [-0.2, -0.15) is 0 Å². The lowest BCUT2D eigenvalue weighted by Gasteiger charge is -2.12. The summed E-state index contributed by atoms with van der Waals surface area (Å²) in [6, 6.07) is 10.1. The molecule has 0 unspecified atom stereocenters. The summed E-state index contributed by atoms with van der Waals surface area (Å²) in [6.45, 7) is 6.09. The Morgan fingerprint density at radius 1 is 1.35 bits per heavy atom. The molecule has 1 atom stereocenters. The van der Waals surface area contributed by atoms with Crippen molar-refractivity contribution in [3.63, 3.8) is 0 Å².